The van der Waals surface area contributed by atoms with Crippen LogP contribution in [0.25, 0.3) is 0 Å². The third-order valence-electron chi connectivity index (χ3n) is 2.51. The number of hydrogen-bond donors (Lipinski definition) is 1. The van der Waals surface area contributed by atoms with Crippen LogP contribution in [0, 0.1) is 0 Å². The van der Waals surface area contributed by atoms with Crippen LogP contribution in [-0.4, -0.2) is 30.4 Å². The summed E-state index contributed by atoms with van der Waals surface area (Å²) in [5.74, 6) is 0. The highest BCUT2D eigenvalue weighted by molar-refractivity contribution is 7.11. The molecule has 0 saturated carbocycles. The van der Waals surface area contributed by atoms with E-state index in [9.17, 15) is 0 Å². The van der Waals surface area contributed by atoms with Gasteiger partial charge in [-0.3, -0.25) is 0 Å². The van der Waals surface area contributed by atoms with Crippen molar-refractivity contribution in [3.8, 4) is 0 Å². The number of aryl methyl sites for hydroxylation is 1. The maximum Gasteiger partial charge on any atom is 0.146 e. The third kappa shape index (κ3) is 2.96. The van der Waals surface area contributed by atoms with Crippen molar-refractivity contribution < 1.29 is 4.74 Å². The summed E-state index contributed by atoms with van der Waals surface area (Å²) in [7, 11) is 1.97. The summed E-state index contributed by atoms with van der Waals surface area (Å²) >= 11 is 1.71. The van der Waals surface area contributed by atoms with Crippen molar-refractivity contribution in [2.24, 2.45) is 0 Å². The average Bonchev–Trinajstić information content (AvgIpc) is 2.87. The number of aromatic nitrogens is 2. The minimum Gasteiger partial charge on any atom is -0.371 e. The molecular formula is C10H17N3OS. The van der Waals surface area contributed by atoms with Gasteiger partial charge in [-0.2, -0.15) is 0 Å². The number of rotatable bonds is 5. The molecule has 1 atom stereocenters. The Balaban J connectivity index is 1.86. The monoisotopic (exact) mass is 227 g/mol. The Labute approximate surface area is 94.1 Å². The van der Waals surface area contributed by atoms with Gasteiger partial charge in [0.1, 0.15) is 16.1 Å². The van der Waals surface area contributed by atoms with E-state index in [1.807, 2.05) is 7.05 Å². The molecule has 0 spiro atoms. The Morgan fingerprint density at radius 2 is 2.47 bits per heavy atom. The minimum atomic E-state index is 0.223. The second-order valence-electron chi connectivity index (χ2n) is 3.74. The van der Waals surface area contributed by atoms with E-state index in [0.29, 0.717) is 0 Å². The predicted molar refractivity (Wildman–Crippen MR) is 60.1 cm³/mol. The SMILES string of the molecule is CNCCCc1nnc(C2CCCO2)s1. The largest absolute Gasteiger partial charge is 0.371 e. The zero-order valence-electron chi connectivity index (χ0n) is 9.03. The maximum atomic E-state index is 5.57. The lowest BCUT2D eigenvalue weighted by Gasteiger charge is -2.01. The first-order valence-corrected chi connectivity index (χ1v) is 6.30. The smallest absolute Gasteiger partial charge is 0.146 e. The standard InChI is InChI=1S/C10H17N3OS/c1-11-6-2-5-9-12-13-10(15-9)8-4-3-7-14-8/h8,11H,2-7H2,1H3. The van der Waals surface area contributed by atoms with Crippen molar-refractivity contribution in [3.05, 3.63) is 10.0 Å². The van der Waals surface area contributed by atoms with E-state index in [1.165, 1.54) is 0 Å². The molecule has 1 unspecified atom stereocenters. The molecule has 1 N–H and O–H groups in total. The summed E-state index contributed by atoms with van der Waals surface area (Å²) < 4.78 is 5.57. The first-order valence-electron chi connectivity index (χ1n) is 5.48. The molecule has 1 aromatic rings. The van der Waals surface area contributed by atoms with Crippen LogP contribution < -0.4 is 5.32 Å². The molecule has 1 fully saturated rings. The number of hydrogen-bond acceptors (Lipinski definition) is 5. The summed E-state index contributed by atoms with van der Waals surface area (Å²) in [5.41, 5.74) is 0. The Morgan fingerprint density at radius 1 is 1.53 bits per heavy atom. The van der Waals surface area contributed by atoms with Gasteiger partial charge in [-0.05, 0) is 32.9 Å². The zero-order valence-corrected chi connectivity index (χ0v) is 9.85. The van der Waals surface area contributed by atoms with Crippen LogP contribution in [0.2, 0.25) is 0 Å². The van der Waals surface area contributed by atoms with E-state index in [4.69, 9.17) is 4.74 Å². The number of nitrogens with zero attached hydrogens (tertiary/aromatic N) is 2. The highest BCUT2D eigenvalue weighted by Crippen LogP contribution is 2.30. The molecule has 1 aliphatic rings. The lowest BCUT2D eigenvalue weighted by molar-refractivity contribution is 0.111. The van der Waals surface area contributed by atoms with Crippen molar-refractivity contribution in [2.75, 3.05) is 20.2 Å². The molecule has 0 aliphatic carbocycles. The molecule has 1 aromatic heterocycles. The van der Waals surface area contributed by atoms with Crippen LogP contribution in [0.1, 0.15) is 35.4 Å². The molecule has 4 nitrogen and oxygen atoms in total. The summed E-state index contributed by atoms with van der Waals surface area (Å²) in [6, 6.07) is 0. The van der Waals surface area contributed by atoms with E-state index in [-0.39, 0.29) is 6.10 Å². The number of ether oxygens (including phenoxy) is 1. The third-order valence-corrected chi connectivity index (χ3v) is 3.58. The normalized spacial score (nSPS) is 21.0. The molecule has 5 heteroatoms. The van der Waals surface area contributed by atoms with Crippen LogP contribution >= 0.6 is 11.3 Å². The van der Waals surface area contributed by atoms with Crippen LogP contribution in [0.5, 0.6) is 0 Å². The van der Waals surface area contributed by atoms with Crippen LogP contribution in [0.15, 0.2) is 0 Å². The maximum absolute atomic E-state index is 5.57. The lowest BCUT2D eigenvalue weighted by Crippen LogP contribution is -2.08. The Morgan fingerprint density at radius 3 is 3.20 bits per heavy atom. The first kappa shape index (κ1) is 11.0. The van der Waals surface area contributed by atoms with Gasteiger partial charge in [0, 0.05) is 13.0 Å². The van der Waals surface area contributed by atoms with Crippen molar-refractivity contribution in [1.29, 1.82) is 0 Å². The van der Waals surface area contributed by atoms with Gasteiger partial charge >= 0.3 is 0 Å². The van der Waals surface area contributed by atoms with E-state index in [1.54, 1.807) is 11.3 Å². The van der Waals surface area contributed by atoms with Crippen molar-refractivity contribution >= 4 is 11.3 Å². The fourth-order valence-electron chi connectivity index (χ4n) is 1.69. The second kappa shape index (κ2) is 5.53. The van der Waals surface area contributed by atoms with Gasteiger partial charge in [0.05, 0.1) is 0 Å². The highest BCUT2D eigenvalue weighted by Gasteiger charge is 2.21. The number of nitrogens with one attached hydrogen (secondary N) is 1. The van der Waals surface area contributed by atoms with E-state index in [0.717, 1.165) is 48.9 Å². The average molecular weight is 227 g/mol. The summed E-state index contributed by atoms with van der Waals surface area (Å²) in [4.78, 5) is 0. The zero-order chi connectivity index (χ0) is 10.5. The van der Waals surface area contributed by atoms with Gasteiger partial charge in [0.25, 0.3) is 0 Å². The van der Waals surface area contributed by atoms with Crippen molar-refractivity contribution in [2.45, 2.75) is 31.8 Å². The quantitative estimate of drug-likeness (QED) is 0.775. The van der Waals surface area contributed by atoms with Gasteiger partial charge in [0.15, 0.2) is 0 Å². The van der Waals surface area contributed by atoms with E-state index in [2.05, 4.69) is 15.5 Å². The van der Waals surface area contributed by atoms with Gasteiger partial charge < -0.3 is 10.1 Å². The van der Waals surface area contributed by atoms with Gasteiger partial charge in [0.2, 0.25) is 0 Å². The van der Waals surface area contributed by atoms with Crippen LogP contribution in [0.4, 0.5) is 0 Å². The molecule has 0 amide bonds. The van der Waals surface area contributed by atoms with Gasteiger partial charge in [-0.25, -0.2) is 0 Å². The van der Waals surface area contributed by atoms with Gasteiger partial charge in [-0.15, -0.1) is 10.2 Å². The summed E-state index contributed by atoms with van der Waals surface area (Å²) in [6.07, 6.45) is 4.62. The molecule has 0 aromatic carbocycles. The van der Waals surface area contributed by atoms with E-state index < -0.39 is 0 Å². The summed E-state index contributed by atoms with van der Waals surface area (Å²) in [5, 5.41) is 13.7. The molecule has 2 heterocycles. The molecular weight excluding hydrogens is 210 g/mol. The minimum absolute atomic E-state index is 0.223. The van der Waals surface area contributed by atoms with E-state index >= 15 is 0 Å². The fourth-order valence-corrected chi connectivity index (χ4v) is 2.65. The van der Waals surface area contributed by atoms with Crippen LogP contribution in [-0.2, 0) is 11.2 Å². The summed E-state index contributed by atoms with van der Waals surface area (Å²) in [6.45, 7) is 1.91. The second-order valence-corrected chi connectivity index (χ2v) is 4.84. The fraction of sp³-hybridized carbons (Fsp3) is 0.800. The highest BCUT2D eigenvalue weighted by atomic mass is 32.1. The predicted octanol–water partition coefficient (Wildman–Crippen LogP) is 1.54. The topological polar surface area (TPSA) is 47.0 Å². The molecule has 0 radical (unpaired) electrons. The molecule has 2 rings (SSSR count). The Bertz CT molecular complexity index is 297. The van der Waals surface area contributed by atoms with Crippen molar-refractivity contribution in [1.82, 2.24) is 15.5 Å². The lowest BCUT2D eigenvalue weighted by atomic mass is 10.2. The molecule has 1 saturated heterocycles. The Kier molecular flexibility index (Phi) is 4.05. The van der Waals surface area contributed by atoms with Gasteiger partial charge in [-0.1, -0.05) is 11.3 Å². The molecule has 1 aliphatic heterocycles. The molecule has 84 valence electrons. The van der Waals surface area contributed by atoms with Crippen molar-refractivity contribution in [3.63, 3.8) is 0 Å². The molecule has 0 bridgehead atoms. The first-order chi connectivity index (χ1) is 7.40. The van der Waals surface area contributed by atoms with Crippen LogP contribution in [0.3, 0.4) is 0 Å². The Hall–Kier alpha value is -0.520. The molecule has 15 heavy (non-hydrogen) atoms.